The lowest BCUT2D eigenvalue weighted by Gasteiger charge is -2.09. The van der Waals surface area contributed by atoms with E-state index in [1.807, 2.05) is 42.5 Å². The third kappa shape index (κ3) is 4.34. The molecule has 6 heteroatoms. The molecule has 0 radical (unpaired) electrons. The number of para-hydroxylation sites is 1. The van der Waals surface area contributed by atoms with Gasteiger partial charge in [-0.1, -0.05) is 35.9 Å². The van der Waals surface area contributed by atoms with Crippen molar-refractivity contribution in [1.29, 1.82) is 0 Å². The van der Waals surface area contributed by atoms with Crippen molar-refractivity contribution >= 4 is 23.2 Å². The molecule has 0 fully saturated rings. The number of hydrogen-bond acceptors (Lipinski definition) is 3. The zero-order valence-electron chi connectivity index (χ0n) is 12.1. The highest BCUT2D eigenvalue weighted by atomic mass is 35.5. The van der Waals surface area contributed by atoms with Gasteiger partial charge in [0.05, 0.1) is 11.2 Å². The molecule has 0 aliphatic carbocycles. The number of halogens is 1. The van der Waals surface area contributed by atoms with Crippen LogP contribution >= 0.6 is 11.6 Å². The van der Waals surface area contributed by atoms with Gasteiger partial charge < -0.3 is 10.1 Å². The highest BCUT2D eigenvalue weighted by Crippen LogP contribution is 2.23. The van der Waals surface area contributed by atoms with Crippen molar-refractivity contribution in [2.75, 3.05) is 5.32 Å². The van der Waals surface area contributed by atoms with Crippen molar-refractivity contribution in [3.05, 3.63) is 72.0 Å². The lowest BCUT2D eigenvalue weighted by atomic mass is 10.3. The van der Waals surface area contributed by atoms with Crippen LogP contribution in [0, 0.1) is 0 Å². The van der Waals surface area contributed by atoms with Crippen molar-refractivity contribution < 1.29 is 9.53 Å². The Bertz CT molecular complexity index is 802. The molecule has 3 rings (SSSR count). The van der Waals surface area contributed by atoms with E-state index in [0.717, 1.165) is 5.75 Å². The summed E-state index contributed by atoms with van der Waals surface area (Å²) in [6.07, 6.45) is 3.08. The lowest BCUT2D eigenvalue weighted by molar-refractivity contribution is -0.116. The van der Waals surface area contributed by atoms with Crippen molar-refractivity contribution in [2.24, 2.45) is 0 Å². The van der Waals surface area contributed by atoms with Gasteiger partial charge in [0.25, 0.3) is 0 Å². The fraction of sp³-hybridized carbons (Fsp3) is 0.0588. The summed E-state index contributed by atoms with van der Waals surface area (Å²) in [5, 5.41) is 7.27. The van der Waals surface area contributed by atoms with Gasteiger partial charge in [0, 0.05) is 18.0 Å². The van der Waals surface area contributed by atoms with Crippen LogP contribution in [-0.4, -0.2) is 15.7 Å². The molecule has 116 valence electrons. The summed E-state index contributed by atoms with van der Waals surface area (Å²) in [5.74, 6) is 1.19. The molecular formula is C17H14ClN3O2. The first-order valence-corrected chi connectivity index (χ1v) is 7.37. The molecule has 1 heterocycles. The molecule has 0 unspecified atom stereocenters. The van der Waals surface area contributed by atoms with Gasteiger partial charge in [0.1, 0.15) is 18.0 Å². The number of benzene rings is 2. The predicted octanol–water partition coefficient (Wildman–Crippen LogP) is 3.97. The fourth-order valence-corrected chi connectivity index (χ4v) is 2.19. The average Bonchev–Trinajstić information content (AvgIpc) is 2.93. The van der Waals surface area contributed by atoms with Crippen LogP contribution < -0.4 is 10.1 Å². The van der Waals surface area contributed by atoms with Gasteiger partial charge >= 0.3 is 0 Å². The Kier molecular flexibility index (Phi) is 4.59. The summed E-state index contributed by atoms with van der Waals surface area (Å²) < 4.78 is 7.21. The molecule has 0 bridgehead atoms. The normalized spacial score (nSPS) is 10.3. The van der Waals surface area contributed by atoms with E-state index in [-0.39, 0.29) is 12.5 Å². The first kappa shape index (κ1) is 15.1. The third-order valence-electron chi connectivity index (χ3n) is 3.00. The second kappa shape index (κ2) is 6.98. The summed E-state index contributed by atoms with van der Waals surface area (Å²) >= 11 is 5.77. The van der Waals surface area contributed by atoms with E-state index in [4.69, 9.17) is 16.3 Å². The molecule has 0 aliphatic rings. The summed E-state index contributed by atoms with van der Waals surface area (Å²) in [7, 11) is 0. The van der Waals surface area contributed by atoms with Gasteiger partial charge in [-0.05, 0) is 24.3 Å². The van der Waals surface area contributed by atoms with Crippen LogP contribution in [0.2, 0.25) is 5.02 Å². The molecule has 0 aliphatic heterocycles. The minimum atomic E-state index is -0.193. The molecule has 2 aromatic carbocycles. The summed E-state index contributed by atoms with van der Waals surface area (Å²) in [5.41, 5.74) is 0.654. The van der Waals surface area contributed by atoms with Crippen LogP contribution in [0.5, 0.6) is 11.5 Å². The summed E-state index contributed by atoms with van der Waals surface area (Å²) in [6, 6.07) is 16.7. The third-order valence-corrected chi connectivity index (χ3v) is 3.20. The van der Waals surface area contributed by atoms with Crippen molar-refractivity contribution in [2.45, 2.75) is 6.54 Å². The molecule has 3 aromatic rings. The molecule has 0 spiro atoms. The molecule has 1 amide bonds. The Balaban J connectivity index is 1.64. The van der Waals surface area contributed by atoms with Gasteiger partial charge in [-0.2, -0.15) is 5.10 Å². The van der Waals surface area contributed by atoms with E-state index >= 15 is 0 Å². The molecule has 23 heavy (non-hydrogen) atoms. The SMILES string of the molecule is O=C(Cn1cc(Cl)cn1)Nc1cccc(Oc2ccccc2)c1. The van der Waals surface area contributed by atoms with E-state index in [9.17, 15) is 4.79 Å². The Morgan fingerprint density at radius 3 is 2.65 bits per heavy atom. The standard InChI is InChI=1S/C17H14ClN3O2/c18-13-10-19-21(11-13)12-17(22)20-14-5-4-8-16(9-14)23-15-6-2-1-3-7-15/h1-11H,12H2,(H,20,22). The van der Waals surface area contributed by atoms with Gasteiger partial charge in [-0.25, -0.2) is 0 Å². The molecule has 1 aromatic heterocycles. The zero-order chi connectivity index (χ0) is 16.1. The quantitative estimate of drug-likeness (QED) is 0.771. The molecule has 0 saturated carbocycles. The number of carbonyl (C=O) groups is 1. The van der Waals surface area contributed by atoms with Crippen LogP contribution in [0.25, 0.3) is 0 Å². The number of ether oxygens (including phenoxy) is 1. The van der Waals surface area contributed by atoms with E-state index in [1.54, 1.807) is 18.3 Å². The molecule has 1 N–H and O–H groups in total. The average molecular weight is 328 g/mol. The number of hydrogen-bond donors (Lipinski definition) is 1. The first-order valence-electron chi connectivity index (χ1n) is 7.00. The van der Waals surface area contributed by atoms with Crippen LogP contribution in [0.4, 0.5) is 5.69 Å². The van der Waals surface area contributed by atoms with E-state index in [2.05, 4.69) is 10.4 Å². The molecular weight excluding hydrogens is 314 g/mol. The Labute approximate surface area is 138 Å². The highest BCUT2D eigenvalue weighted by Gasteiger charge is 2.06. The van der Waals surface area contributed by atoms with E-state index in [1.165, 1.54) is 10.9 Å². The van der Waals surface area contributed by atoms with Crippen molar-refractivity contribution in [3.63, 3.8) is 0 Å². The van der Waals surface area contributed by atoms with Crippen molar-refractivity contribution in [1.82, 2.24) is 9.78 Å². The molecule has 0 atom stereocenters. The molecule has 0 saturated heterocycles. The maximum atomic E-state index is 12.0. The maximum Gasteiger partial charge on any atom is 0.246 e. The van der Waals surface area contributed by atoms with E-state index < -0.39 is 0 Å². The van der Waals surface area contributed by atoms with Gasteiger partial charge in [-0.3, -0.25) is 9.48 Å². The molecule has 5 nitrogen and oxygen atoms in total. The minimum absolute atomic E-state index is 0.0937. The monoisotopic (exact) mass is 327 g/mol. The van der Waals surface area contributed by atoms with Crippen LogP contribution in [0.15, 0.2) is 67.0 Å². The number of rotatable bonds is 5. The minimum Gasteiger partial charge on any atom is -0.457 e. The Morgan fingerprint density at radius 2 is 1.91 bits per heavy atom. The number of nitrogens with one attached hydrogen (secondary N) is 1. The van der Waals surface area contributed by atoms with Gasteiger partial charge in [-0.15, -0.1) is 0 Å². The smallest absolute Gasteiger partial charge is 0.246 e. The Morgan fingerprint density at radius 1 is 1.13 bits per heavy atom. The van der Waals surface area contributed by atoms with Crippen molar-refractivity contribution in [3.8, 4) is 11.5 Å². The summed E-state index contributed by atoms with van der Waals surface area (Å²) in [6.45, 7) is 0.0937. The second-order valence-corrected chi connectivity index (χ2v) is 5.28. The van der Waals surface area contributed by atoms with Gasteiger partial charge in [0.15, 0.2) is 0 Å². The lowest BCUT2D eigenvalue weighted by Crippen LogP contribution is -2.18. The number of aromatic nitrogens is 2. The van der Waals surface area contributed by atoms with Gasteiger partial charge in [0.2, 0.25) is 5.91 Å². The van der Waals surface area contributed by atoms with Crippen LogP contribution in [-0.2, 0) is 11.3 Å². The number of anilines is 1. The van der Waals surface area contributed by atoms with E-state index in [0.29, 0.717) is 16.5 Å². The largest absolute Gasteiger partial charge is 0.457 e. The second-order valence-electron chi connectivity index (χ2n) is 4.85. The van der Waals surface area contributed by atoms with Crippen LogP contribution in [0.1, 0.15) is 0 Å². The topological polar surface area (TPSA) is 56.2 Å². The number of amides is 1. The number of carbonyl (C=O) groups excluding carboxylic acids is 1. The predicted molar refractivity (Wildman–Crippen MR) is 88.8 cm³/mol. The highest BCUT2D eigenvalue weighted by molar-refractivity contribution is 6.30. The fourth-order valence-electron chi connectivity index (χ4n) is 2.03. The van der Waals surface area contributed by atoms with Crippen LogP contribution in [0.3, 0.4) is 0 Å². The number of nitrogens with zero attached hydrogens (tertiary/aromatic N) is 2. The zero-order valence-corrected chi connectivity index (χ0v) is 12.9. The summed E-state index contributed by atoms with van der Waals surface area (Å²) in [4.78, 5) is 12.0. The first-order chi connectivity index (χ1) is 11.2. The Hall–Kier alpha value is -2.79. The maximum absolute atomic E-state index is 12.0.